The monoisotopic (exact) mass is 479 g/mol. The van der Waals surface area contributed by atoms with E-state index >= 15 is 4.39 Å². The quantitative estimate of drug-likeness (QED) is 0.426. The van der Waals surface area contributed by atoms with Crippen LogP contribution in [0.3, 0.4) is 0 Å². The molecule has 35 heavy (non-hydrogen) atoms. The first-order valence-electron chi connectivity index (χ1n) is 11.7. The number of aliphatic hydroxyl groups is 1. The van der Waals surface area contributed by atoms with Crippen LogP contribution in [0.4, 0.5) is 4.39 Å². The van der Waals surface area contributed by atoms with E-state index in [1.165, 1.54) is 0 Å². The topological polar surface area (TPSA) is 88.0 Å². The summed E-state index contributed by atoms with van der Waals surface area (Å²) in [5, 5.41) is 21.2. The molecule has 0 spiro atoms. The maximum absolute atomic E-state index is 15.2. The van der Waals surface area contributed by atoms with Crippen molar-refractivity contribution in [2.75, 3.05) is 19.8 Å². The summed E-state index contributed by atoms with van der Waals surface area (Å²) in [4.78, 5) is 11.1. The van der Waals surface area contributed by atoms with Gasteiger partial charge in [-0.1, -0.05) is 36.4 Å². The largest absolute Gasteiger partial charge is 0.486 e. The Morgan fingerprint density at radius 2 is 1.80 bits per heavy atom. The highest BCUT2D eigenvalue weighted by molar-refractivity contribution is 5.73. The number of carboxylic acids is 1. The minimum atomic E-state index is -1.08. The Morgan fingerprint density at radius 3 is 2.57 bits per heavy atom. The van der Waals surface area contributed by atoms with E-state index in [4.69, 9.17) is 14.6 Å². The van der Waals surface area contributed by atoms with E-state index in [1.807, 2.05) is 38.1 Å². The van der Waals surface area contributed by atoms with Gasteiger partial charge in [-0.25, -0.2) is 4.39 Å². The van der Waals surface area contributed by atoms with Gasteiger partial charge < -0.3 is 19.7 Å². The van der Waals surface area contributed by atoms with Crippen molar-refractivity contribution in [3.63, 3.8) is 0 Å². The van der Waals surface area contributed by atoms with Gasteiger partial charge in [-0.15, -0.1) is 0 Å². The summed E-state index contributed by atoms with van der Waals surface area (Å²) in [5.74, 6) is -0.874. The zero-order valence-corrected chi connectivity index (χ0v) is 19.9. The zero-order chi connectivity index (χ0) is 24.9. The lowest BCUT2D eigenvalue weighted by atomic mass is 9.91. The van der Waals surface area contributed by atoms with Crippen LogP contribution >= 0.6 is 0 Å². The molecule has 0 fully saturated rings. The lowest BCUT2D eigenvalue weighted by Gasteiger charge is -2.21. The summed E-state index contributed by atoms with van der Waals surface area (Å²) in [6.07, 6.45) is 1.56. The van der Waals surface area contributed by atoms with E-state index in [2.05, 4.69) is 17.4 Å². The highest BCUT2D eigenvalue weighted by Crippen LogP contribution is 2.39. The molecule has 6 nitrogen and oxygen atoms in total. The number of carbonyl (C=O) groups is 1. The van der Waals surface area contributed by atoms with Gasteiger partial charge in [0.1, 0.15) is 19.3 Å². The fraction of sp³-hybridized carbons (Fsp3) is 0.321. The number of ether oxygens (including phenoxy) is 2. The lowest BCUT2D eigenvalue weighted by Crippen LogP contribution is -2.39. The minimum absolute atomic E-state index is 0.172. The fourth-order valence-corrected chi connectivity index (χ4v) is 4.38. The normalized spacial score (nSPS) is 13.5. The van der Waals surface area contributed by atoms with E-state index in [0.29, 0.717) is 31.1 Å². The Morgan fingerprint density at radius 1 is 1.03 bits per heavy atom. The molecule has 0 radical (unpaired) electrons. The smallest absolute Gasteiger partial charge is 0.323 e. The molecule has 0 saturated heterocycles. The van der Waals surface area contributed by atoms with Gasteiger partial charge in [-0.3, -0.25) is 10.1 Å². The fourth-order valence-electron chi connectivity index (χ4n) is 4.38. The summed E-state index contributed by atoms with van der Waals surface area (Å²) in [7, 11) is 0. The molecular weight excluding hydrogens is 449 g/mol. The van der Waals surface area contributed by atoms with Crippen LogP contribution in [0.25, 0.3) is 11.1 Å². The number of carboxylic acid groups (broad SMARTS) is 1. The van der Waals surface area contributed by atoms with Gasteiger partial charge in [-0.05, 0) is 72.2 Å². The van der Waals surface area contributed by atoms with Gasteiger partial charge in [0.2, 0.25) is 0 Å². The molecule has 7 heteroatoms. The summed E-state index contributed by atoms with van der Waals surface area (Å²) in [6.45, 7) is 4.69. The van der Waals surface area contributed by atoms with Crippen molar-refractivity contribution in [3.05, 3.63) is 82.2 Å². The molecular formula is C28H30FNO5. The SMILES string of the molecule is Cc1ccc(CNC(CO)C(=O)O)cc1CCc1cccc(-c2ccc3c(c2F)OCCO3)c1C. The number of rotatable bonds is 9. The first kappa shape index (κ1) is 24.7. The third-order valence-electron chi connectivity index (χ3n) is 6.49. The van der Waals surface area contributed by atoms with Gasteiger partial charge in [-0.2, -0.15) is 0 Å². The average Bonchev–Trinajstić information content (AvgIpc) is 2.86. The molecule has 1 heterocycles. The number of halogens is 1. The van der Waals surface area contributed by atoms with E-state index in [1.54, 1.807) is 12.1 Å². The summed E-state index contributed by atoms with van der Waals surface area (Å²) < 4.78 is 26.3. The number of aliphatic carboxylic acids is 1. The molecule has 0 saturated carbocycles. The standard InChI is InChI=1S/C28H30FNO5/c1-17-6-7-19(15-30-24(16-31)28(32)33)14-21(17)9-8-20-4-3-5-22(18(20)2)23-10-11-25-27(26(23)29)35-13-12-34-25/h3-7,10-11,14,24,30-31H,8-9,12-13,15-16H2,1-2H3,(H,32,33). The van der Waals surface area contributed by atoms with Crippen LogP contribution in [0.5, 0.6) is 11.5 Å². The number of nitrogens with one attached hydrogen (secondary N) is 1. The third-order valence-corrected chi connectivity index (χ3v) is 6.49. The lowest BCUT2D eigenvalue weighted by molar-refractivity contribution is -0.140. The maximum atomic E-state index is 15.2. The van der Waals surface area contributed by atoms with Crippen molar-refractivity contribution in [1.29, 1.82) is 0 Å². The molecule has 1 atom stereocenters. The van der Waals surface area contributed by atoms with Gasteiger partial charge in [0, 0.05) is 12.1 Å². The molecule has 184 valence electrons. The molecule has 0 aliphatic carbocycles. The first-order valence-corrected chi connectivity index (χ1v) is 11.7. The van der Waals surface area contributed by atoms with Gasteiger partial charge in [0.25, 0.3) is 0 Å². The van der Waals surface area contributed by atoms with E-state index < -0.39 is 24.4 Å². The Balaban J connectivity index is 1.52. The number of benzene rings is 3. The molecule has 3 aromatic rings. The average molecular weight is 480 g/mol. The second-order valence-corrected chi connectivity index (χ2v) is 8.76. The molecule has 4 rings (SSSR count). The number of fused-ring (bicyclic) bond motifs is 1. The Hall–Kier alpha value is -3.42. The second kappa shape index (κ2) is 10.9. The van der Waals surface area contributed by atoms with E-state index in [9.17, 15) is 9.90 Å². The number of hydrogen-bond acceptors (Lipinski definition) is 5. The summed E-state index contributed by atoms with van der Waals surface area (Å²) in [6, 6.07) is 14.5. The van der Waals surface area contributed by atoms with E-state index in [0.717, 1.165) is 46.2 Å². The minimum Gasteiger partial charge on any atom is -0.486 e. The van der Waals surface area contributed by atoms with Gasteiger partial charge >= 0.3 is 5.97 Å². The van der Waals surface area contributed by atoms with Crippen LogP contribution < -0.4 is 14.8 Å². The summed E-state index contributed by atoms with van der Waals surface area (Å²) in [5.41, 5.74) is 6.74. The molecule has 0 bridgehead atoms. The second-order valence-electron chi connectivity index (χ2n) is 8.76. The Labute approximate surface area is 204 Å². The van der Waals surface area contributed by atoms with Crippen molar-refractivity contribution in [2.24, 2.45) is 0 Å². The molecule has 0 amide bonds. The molecule has 3 N–H and O–H groups in total. The highest BCUT2D eigenvalue weighted by atomic mass is 19.1. The predicted molar refractivity (Wildman–Crippen MR) is 131 cm³/mol. The number of hydrogen-bond donors (Lipinski definition) is 3. The Kier molecular flexibility index (Phi) is 7.68. The maximum Gasteiger partial charge on any atom is 0.323 e. The van der Waals surface area contributed by atoms with Crippen molar-refractivity contribution in [1.82, 2.24) is 5.32 Å². The van der Waals surface area contributed by atoms with Crippen LogP contribution in [0.1, 0.15) is 27.8 Å². The summed E-state index contributed by atoms with van der Waals surface area (Å²) >= 11 is 0. The van der Waals surface area contributed by atoms with Crippen LogP contribution in [-0.4, -0.2) is 42.0 Å². The molecule has 1 unspecified atom stereocenters. The third kappa shape index (κ3) is 5.47. The van der Waals surface area contributed by atoms with Crippen molar-refractivity contribution in [3.8, 4) is 22.6 Å². The number of aryl methyl sites for hydroxylation is 3. The van der Waals surface area contributed by atoms with Crippen LogP contribution in [-0.2, 0) is 24.2 Å². The molecule has 1 aliphatic rings. The van der Waals surface area contributed by atoms with Crippen molar-refractivity contribution < 1.29 is 28.9 Å². The first-order chi connectivity index (χ1) is 16.9. The van der Waals surface area contributed by atoms with Crippen molar-refractivity contribution >= 4 is 5.97 Å². The Bertz CT molecular complexity index is 1230. The van der Waals surface area contributed by atoms with E-state index in [-0.39, 0.29) is 5.75 Å². The highest BCUT2D eigenvalue weighted by Gasteiger charge is 2.21. The molecule has 1 aliphatic heterocycles. The van der Waals surface area contributed by atoms with Crippen LogP contribution in [0.2, 0.25) is 0 Å². The molecule has 3 aromatic carbocycles. The predicted octanol–water partition coefficient (Wildman–Crippen LogP) is 4.20. The van der Waals surface area contributed by atoms with Gasteiger partial charge in [0.05, 0.1) is 6.61 Å². The van der Waals surface area contributed by atoms with Gasteiger partial charge in [0.15, 0.2) is 17.3 Å². The zero-order valence-electron chi connectivity index (χ0n) is 19.9. The van der Waals surface area contributed by atoms with Crippen molar-refractivity contribution in [2.45, 2.75) is 39.3 Å². The molecule has 0 aromatic heterocycles. The van der Waals surface area contributed by atoms with Crippen LogP contribution in [0, 0.1) is 19.7 Å². The van der Waals surface area contributed by atoms with Crippen LogP contribution in [0.15, 0.2) is 48.5 Å². The number of aliphatic hydroxyl groups excluding tert-OH is 1.